The molecule has 0 unspecified atom stereocenters. The number of morpholine rings is 1. The van der Waals surface area contributed by atoms with Crippen LogP contribution in [-0.4, -0.2) is 57.0 Å². The van der Waals surface area contributed by atoms with Crippen molar-refractivity contribution in [3.63, 3.8) is 0 Å². The highest BCUT2D eigenvalue weighted by Crippen LogP contribution is 2.16. The van der Waals surface area contributed by atoms with E-state index in [9.17, 15) is 8.42 Å². The SMILES string of the molecule is O=S(=O)(CCCNc1cc(N2CCOCC2)ncn1)c1ccccc1. The maximum absolute atomic E-state index is 12.2. The summed E-state index contributed by atoms with van der Waals surface area (Å²) in [7, 11) is -3.23. The molecule has 1 fully saturated rings. The van der Waals surface area contributed by atoms with Gasteiger partial charge in [-0.2, -0.15) is 0 Å². The van der Waals surface area contributed by atoms with Crippen LogP contribution < -0.4 is 10.2 Å². The first-order valence-corrected chi connectivity index (χ1v) is 9.97. The predicted molar refractivity (Wildman–Crippen MR) is 96.7 cm³/mol. The highest BCUT2D eigenvalue weighted by molar-refractivity contribution is 7.91. The Hall–Kier alpha value is -2.19. The van der Waals surface area contributed by atoms with Gasteiger partial charge in [-0.05, 0) is 18.6 Å². The van der Waals surface area contributed by atoms with E-state index < -0.39 is 9.84 Å². The maximum atomic E-state index is 12.2. The molecule has 0 amide bonds. The third-order valence-electron chi connectivity index (χ3n) is 3.99. The summed E-state index contributed by atoms with van der Waals surface area (Å²) in [5, 5.41) is 3.17. The van der Waals surface area contributed by atoms with Crippen molar-refractivity contribution < 1.29 is 13.2 Å². The van der Waals surface area contributed by atoms with Crippen molar-refractivity contribution in [2.75, 3.05) is 48.8 Å². The third-order valence-corrected chi connectivity index (χ3v) is 5.80. The molecule has 134 valence electrons. The molecule has 2 heterocycles. The number of aromatic nitrogens is 2. The van der Waals surface area contributed by atoms with E-state index in [0.717, 1.165) is 18.9 Å². The van der Waals surface area contributed by atoms with Crippen molar-refractivity contribution >= 4 is 21.5 Å². The largest absolute Gasteiger partial charge is 0.378 e. The van der Waals surface area contributed by atoms with Gasteiger partial charge in [0.1, 0.15) is 18.0 Å². The molecule has 1 aliphatic heterocycles. The molecule has 0 bridgehead atoms. The van der Waals surface area contributed by atoms with E-state index in [0.29, 0.717) is 36.9 Å². The number of anilines is 2. The first-order valence-electron chi connectivity index (χ1n) is 8.31. The standard InChI is InChI=1S/C17H22N4O3S/c22-25(23,15-5-2-1-3-6-15)12-4-7-18-16-13-17(20-14-19-16)21-8-10-24-11-9-21/h1-3,5-6,13-14H,4,7-12H2,(H,18,19,20). The number of ether oxygens (including phenoxy) is 1. The van der Waals surface area contributed by atoms with Crippen LogP contribution in [0.5, 0.6) is 0 Å². The number of nitrogens with one attached hydrogen (secondary N) is 1. The molecular weight excluding hydrogens is 340 g/mol. The zero-order valence-electron chi connectivity index (χ0n) is 14.0. The Bertz CT molecular complexity index is 777. The molecule has 0 spiro atoms. The average molecular weight is 362 g/mol. The zero-order valence-corrected chi connectivity index (χ0v) is 14.8. The van der Waals surface area contributed by atoms with Crippen LogP contribution in [0.1, 0.15) is 6.42 Å². The molecule has 7 nitrogen and oxygen atoms in total. The molecule has 1 aliphatic rings. The molecule has 25 heavy (non-hydrogen) atoms. The van der Waals surface area contributed by atoms with E-state index in [4.69, 9.17) is 4.74 Å². The second-order valence-corrected chi connectivity index (χ2v) is 7.88. The first kappa shape index (κ1) is 17.6. The smallest absolute Gasteiger partial charge is 0.178 e. The second kappa shape index (κ2) is 8.26. The second-order valence-electron chi connectivity index (χ2n) is 5.77. The Balaban J connectivity index is 1.51. The topological polar surface area (TPSA) is 84.4 Å². The highest BCUT2D eigenvalue weighted by Gasteiger charge is 2.14. The maximum Gasteiger partial charge on any atom is 0.178 e. The summed E-state index contributed by atoms with van der Waals surface area (Å²) in [6.07, 6.45) is 2.03. The van der Waals surface area contributed by atoms with Gasteiger partial charge >= 0.3 is 0 Å². The fourth-order valence-electron chi connectivity index (χ4n) is 2.63. The van der Waals surface area contributed by atoms with Crippen molar-refractivity contribution in [2.24, 2.45) is 0 Å². The Morgan fingerprint density at radius 2 is 1.88 bits per heavy atom. The van der Waals surface area contributed by atoms with Gasteiger partial charge in [0.2, 0.25) is 0 Å². The van der Waals surface area contributed by atoms with E-state index in [1.165, 1.54) is 6.33 Å². The molecule has 3 rings (SSSR count). The Kier molecular flexibility index (Phi) is 5.83. The molecule has 1 saturated heterocycles. The molecule has 0 radical (unpaired) electrons. The Morgan fingerprint density at radius 1 is 1.12 bits per heavy atom. The van der Waals surface area contributed by atoms with Crippen LogP contribution in [0.3, 0.4) is 0 Å². The van der Waals surface area contributed by atoms with Crippen molar-refractivity contribution in [3.8, 4) is 0 Å². The van der Waals surface area contributed by atoms with E-state index in [2.05, 4.69) is 20.2 Å². The summed E-state index contributed by atoms with van der Waals surface area (Å²) in [5.41, 5.74) is 0. The number of nitrogens with zero attached hydrogens (tertiary/aromatic N) is 3. The first-order chi connectivity index (χ1) is 12.1. The van der Waals surface area contributed by atoms with Crippen LogP contribution in [0.2, 0.25) is 0 Å². The molecule has 0 aliphatic carbocycles. The quantitative estimate of drug-likeness (QED) is 0.749. The van der Waals surface area contributed by atoms with Gasteiger partial charge in [-0.15, -0.1) is 0 Å². The average Bonchev–Trinajstić information content (AvgIpc) is 2.67. The van der Waals surface area contributed by atoms with Gasteiger partial charge in [-0.25, -0.2) is 18.4 Å². The summed E-state index contributed by atoms with van der Waals surface area (Å²) in [6.45, 7) is 3.55. The zero-order chi connectivity index (χ0) is 17.5. The lowest BCUT2D eigenvalue weighted by Crippen LogP contribution is -2.36. The molecule has 1 aromatic heterocycles. The normalized spacial score (nSPS) is 15.1. The van der Waals surface area contributed by atoms with Crippen molar-refractivity contribution in [1.82, 2.24) is 9.97 Å². The summed E-state index contributed by atoms with van der Waals surface area (Å²) in [4.78, 5) is 11.0. The number of hydrogen-bond donors (Lipinski definition) is 1. The van der Waals surface area contributed by atoms with Crippen molar-refractivity contribution in [1.29, 1.82) is 0 Å². The van der Waals surface area contributed by atoms with Gasteiger partial charge in [0.05, 0.1) is 23.9 Å². The van der Waals surface area contributed by atoms with Crippen LogP contribution in [0, 0.1) is 0 Å². The Morgan fingerprint density at radius 3 is 2.64 bits per heavy atom. The van der Waals surface area contributed by atoms with Crippen LogP contribution in [0.15, 0.2) is 47.6 Å². The summed E-state index contributed by atoms with van der Waals surface area (Å²) >= 11 is 0. The van der Waals surface area contributed by atoms with Gasteiger partial charge in [-0.1, -0.05) is 18.2 Å². The van der Waals surface area contributed by atoms with E-state index in [-0.39, 0.29) is 5.75 Å². The van der Waals surface area contributed by atoms with Gasteiger partial charge in [0.15, 0.2) is 9.84 Å². The lowest BCUT2D eigenvalue weighted by atomic mass is 10.4. The monoisotopic (exact) mass is 362 g/mol. The van der Waals surface area contributed by atoms with Crippen LogP contribution in [0.25, 0.3) is 0 Å². The highest BCUT2D eigenvalue weighted by atomic mass is 32.2. The fraction of sp³-hybridized carbons (Fsp3) is 0.412. The van der Waals surface area contributed by atoms with Gasteiger partial charge in [0.25, 0.3) is 0 Å². The third kappa shape index (κ3) is 4.90. The molecule has 0 atom stereocenters. The van der Waals surface area contributed by atoms with Gasteiger partial charge in [-0.3, -0.25) is 0 Å². The minimum Gasteiger partial charge on any atom is -0.378 e. The molecule has 1 aromatic carbocycles. The minimum absolute atomic E-state index is 0.103. The fourth-order valence-corrected chi connectivity index (χ4v) is 3.97. The van der Waals surface area contributed by atoms with Gasteiger partial charge in [0, 0.05) is 25.7 Å². The lowest BCUT2D eigenvalue weighted by molar-refractivity contribution is 0.122. The number of hydrogen-bond acceptors (Lipinski definition) is 7. The summed E-state index contributed by atoms with van der Waals surface area (Å²) in [6, 6.07) is 10.4. The van der Waals surface area contributed by atoms with E-state index in [1.807, 2.05) is 12.1 Å². The van der Waals surface area contributed by atoms with E-state index in [1.54, 1.807) is 24.3 Å². The number of sulfone groups is 1. The van der Waals surface area contributed by atoms with Crippen molar-refractivity contribution in [2.45, 2.75) is 11.3 Å². The Labute approximate surface area is 148 Å². The van der Waals surface area contributed by atoms with E-state index >= 15 is 0 Å². The van der Waals surface area contributed by atoms with Gasteiger partial charge < -0.3 is 15.0 Å². The number of rotatable bonds is 7. The van der Waals surface area contributed by atoms with Crippen molar-refractivity contribution in [3.05, 3.63) is 42.7 Å². The molecular formula is C17H22N4O3S. The number of benzene rings is 1. The molecule has 2 aromatic rings. The van der Waals surface area contributed by atoms with Crippen LogP contribution >= 0.6 is 0 Å². The predicted octanol–water partition coefficient (Wildman–Crippen LogP) is 1.59. The summed E-state index contributed by atoms with van der Waals surface area (Å²) < 4.78 is 29.8. The lowest BCUT2D eigenvalue weighted by Gasteiger charge is -2.27. The molecule has 0 saturated carbocycles. The van der Waals surface area contributed by atoms with Crippen LogP contribution in [0.4, 0.5) is 11.6 Å². The summed E-state index contributed by atoms with van der Waals surface area (Å²) in [5.74, 6) is 1.66. The van der Waals surface area contributed by atoms with Crippen LogP contribution in [-0.2, 0) is 14.6 Å². The molecule has 8 heteroatoms. The molecule has 1 N–H and O–H groups in total. The minimum atomic E-state index is -3.23.